The summed E-state index contributed by atoms with van der Waals surface area (Å²) in [5.74, 6) is -1.42. The Morgan fingerprint density at radius 1 is 0.963 bits per heavy atom. The summed E-state index contributed by atoms with van der Waals surface area (Å²) in [6.45, 7) is 3.88. The molecule has 0 saturated heterocycles. The van der Waals surface area contributed by atoms with Gasteiger partial charge >= 0.3 is 5.97 Å². The van der Waals surface area contributed by atoms with Gasteiger partial charge in [-0.15, -0.1) is 0 Å². The number of carboxylic acids is 1. The Bertz CT molecular complexity index is 828. The average Bonchev–Trinajstić information content (AvgIpc) is 2.68. The van der Waals surface area contributed by atoms with Crippen LogP contribution in [0.5, 0.6) is 0 Å². The van der Waals surface area contributed by atoms with E-state index < -0.39 is 11.4 Å². The molecule has 0 atom stereocenters. The number of fused-ring (bicyclic) bond motifs is 1. The van der Waals surface area contributed by atoms with Gasteiger partial charge in [-0.1, -0.05) is 44.2 Å². The maximum Gasteiger partial charge on any atom is 0.311 e. The van der Waals surface area contributed by atoms with Crippen molar-refractivity contribution in [1.82, 2.24) is 10.6 Å². The minimum Gasteiger partial charge on any atom is -0.481 e. The number of carbonyl (C=O) groups is 3. The Balaban J connectivity index is 1.83. The van der Waals surface area contributed by atoms with Crippen molar-refractivity contribution in [3.8, 4) is 0 Å². The summed E-state index contributed by atoms with van der Waals surface area (Å²) < 4.78 is 0. The van der Waals surface area contributed by atoms with Crippen LogP contribution in [0.25, 0.3) is 10.8 Å². The number of hydrogen-bond acceptors (Lipinski definition) is 3. The molecule has 0 saturated carbocycles. The number of hydrogen-bond donors (Lipinski definition) is 3. The molecule has 0 aromatic heterocycles. The van der Waals surface area contributed by atoms with E-state index in [9.17, 15) is 19.5 Å². The minimum absolute atomic E-state index is 0.0901. The molecule has 6 nitrogen and oxygen atoms in total. The van der Waals surface area contributed by atoms with Crippen molar-refractivity contribution in [2.75, 3.05) is 13.1 Å². The number of amides is 2. The highest BCUT2D eigenvalue weighted by atomic mass is 16.4. The van der Waals surface area contributed by atoms with Crippen molar-refractivity contribution in [2.24, 2.45) is 5.41 Å². The second-order valence-corrected chi connectivity index (χ2v) is 6.64. The lowest BCUT2D eigenvalue weighted by molar-refractivity contribution is -0.149. The fraction of sp³-hybridized carbons (Fsp3) is 0.381. The van der Waals surface area contributed by atoms with Crippen LogP contribution in [-0.2, 0) is 9.59 Å². The highest BCUT2D eigenvalue weighted by Gasteiger charge is 2.34. The fourth-order valence-corrected chi connectivity index (χ4v) is 2.96. The van der Waals surface area contributed by atoms with Gasteiger partial charge in [0.25, 0.3) is 5.91 Å². The summed E-state index contributed by atoms with van der Waals surface area (Å²) in [5.41, 5.74) is -0.403. The lowest BCUT2D eigenvalue weighted by atomic mass is 9.82. The van der Waals surface area contributed by atoms with E-state index in [-0.39, 0.29) is 31.3 Å². The molecule has 3 N–H and O–H groups in total. The molecule has 0 aliphatic carbocycles. The zero-order valence-corrected chi connectivity index (χ0v) is 15.7. The summed E-state index contributed by atoms with van der Waals surface area (Å²) in [7, 11) is 0. The molecule has 0 aliphatic heterocycles. The molecule has 0 radical (unpaired) electrons. The van der Waals surface area contributed by atoms with Crippen LogP contribution in [0, 0.1) is 5.41 Å². The third-order valence-corrected chi connectivity index (χ3v) is 5.08. The van der Waals surface area contributed by atoms with Crippen LogP contribution in [0.1, 0.15) is 43.5 Å². The highest BCUT2D eigenvalue weighted by molar-refractivity contribution is 5.98. The summed E-state index contributed by atoms with van der Waals surface area (Å²) >= 11 is 0. The SMILES string of the molecule is CCC(CC)(CNC(=O)CCNC(=O)c1ccc2ccccc2c1)C(=O)O. The van der Waals surface area contributed by atoms with Crippen LogP contribution >= 0.6 is 0 Å². The number of rotatable bonds is 9. The highest BCUT2D eigenvalue weighted by Crippen LogP contribution is 2.25. The Kier molecular flexibility index (Phi) is 6.93. The largest absolute Gasteiger partial charge is 0.481 e. The first-order valence-electron chi connectivity index (χ1n) is 9.19. The molecule has 2 amide bonds. The molecule has 2 aromatic carbocycles. The molecule has 2 aromatic rings. The molecule has 2 rings (SSSR count). The van der Waals surface area contributed by atoms with Gasteiger partial charge in [0.2, 0.25) is 5.91 Å². The first kappa shape index (κ1) is 20.4. The first-order valence-corrected chi connectivity index (χ1v) is 9.19. The normalized spacial score (nSPS) is 11.2. The van der Waals surface area contributed by atoms with Gasteiger partial charge in [-0.05, 0) is 35.7 Å². The van der Waals surface area contributed by atoms with Crippen LogP contribution in [0.2, 0.25) is 0 Å². The quantitative estimate of drug-likeness (QED) is 0.632. The summed E-state index contributed by atoms with van der Waals surface area (Å²) in [6.07, 6.45) is 0.984. The maximum atomic E-state index is 12.2. The second kappa shape index (κ2) is 9.16. The maximum absolute atomic E-state index is 12.2. The Morgan fingerprint density at radius 2 is 1.63 bits per heavy atom. The molecule has 0 heterocycles. The minimum atomic E-state index is -0.940. The molecule has 27 heavy (non-hydrogen) atoms. The van der Waals surface area contributed by atoms with Crippen LogP contribution < -0.4 is 10.6 Å². The Morgan fingerprint density at radius 3 is 2.26 bits per heavy atom. The van der Waals surface area contributed by atoms with Crippen molar-refractivity contribution < 1.29 is 19.5 Å². The van der Waals surface area contributed by atoms with Crippen molar-refractivity contribution in [3.05, 3.63) is 48.0 Å². The van der Waals surface area contributed by atoms with Gasteiger partial charge in [-0.25, -0.2) is 0 Å². The summed E-state index contributed by atoms with van der Waals surface area (Å²) in [5, 5.41) is 16.8. The van der Waals surface area contributed by atoms with Crippen LogP contribution in [0.4, 0.5) is 0 Å². The first-order chi connectivity index (χ1) is 12.9. The van der Waals surface area contributed by atoms with Crippen molar-refractivity contribution in [1.29, 1.82) is 0 Å². The van der Waals surface area contributed by atoms with E-state index in [1.54, 1.807) is 19.9 Å². The average molecular weight is 370 g/mol. The van der Waals surface area contributed by atoms with Crippen LogP contribution in [0.15, 0.2) is 42.5 Å². The van der Waals surface area contributed by atoms with E-state index in [0.717, 1.165) is 10.8 Å². The smallest absolute Gasteiger partial charge is 0.311 e. The molecule has 0 spiro atoms. The van der Waals surface area contributed by atoms with Crippen LogP contribution in [0.3, 0.4) is 0 Å². The van der Waals surface area contributed by atoms with Gasteiger partial charge < -0.3 is 15.7 Å². The van der Waals surface area contributed by atoms with Gasteiger partial charge in [0.1, 0.15) is 0 Å². The number of carboxylic acid groups (broad SMARTS) is 1. The van der Waals surface area contributed by atoms with E-state index in [1.807, 2.05) is 36.4 Å². The van der Waals surface area contributed by atoms with E-state index in [0.29, 0.717) is 18.4 Å². The zero-order chi connectivity index (χ0) is 19.9. The monoisotopic (exact) mass is 370 g/mol. The van der Waals surface area contributed by atoms with Crippen molar-refractivity contribution >= 4 is 28.6 Å². The molecular weight excluding hydrogens is 344 g/mol. The number of nitrogens with one attached hydrogen (secondary N) is 2. The lowest BCUT2D eigenvalue weighted by Gasteiger charge is -2.26. The third kappa shape index (κ3) is 5.06. The van der Waals surface area contributed by atoms with E-state index >= 15 is 0 Å². The zero-order valence-electron chi connectivity index (χ0n) is 15.7. The summed E-state index contributed by atoms with van der Waals surface area (Å²) in [4.78, 5) is 35.7. The number of aliphatic carboxylic acids is 1. The molecule has 0 unspecified atom stereocenters. The topological polar surface area (TPSA) is 95.5 Å². The van der Waals surface area contributed by atoms with Gasteiger partial charge in [0, 0.05) is 25.1 Å². The van der Waals surface area contributed by atoms with E-state index in [4.69, 9.17) is 0 Å². The summed E-state index contributed by atoms with van der Waals surface area (Å²) in [6, 6.07) is 13.2. The molecule has 0 aliphatic rings. The van der Waals surface area contributed by atoms with Crippen molar-refractivity contribution in [3.63, 3.8) is 0 Å². The van der Waals surface area contributed by atoms with Gasteiger partial charge in [-0.2, -0.15) is 0 Å². The predicted molar refractivity (Wildman–Crippen MR) is 105 cm³/mol. The standard InChI is InChI=1S/C21H26N2O4/c1-3-21(4-2,20(26)27)14-23-18(24)11-12-22-19(25)17-10-9-15-7-5-6-8-16(15)13-17/h5-10,13H,3-4,11-12,14H2,1-2H3,(H,22,25)(H,23,24)(H,26,27). The molecular formula is C21H26N2O4. The Labute approximate surface area is 159 Å². The van der Waals surface area contributed by atoms with Crippen LogP contribution in [-0.4, -0.2) is 36.0 Å². The number of benzene rings is 2. The molecule has 6 heteroatoms. The second-order valence-electron chi connectivity index (χ2n) is 6.64. The molecule has 0 bridgehead atoms. The van der Waals surface area contributed by atoms with E-state index in [2.05, 4.69) is 10.6 Å². The molecule has 0 fully saturated rings. The predicted octanol–water partition coefficient (Wildman–Crippen LogP) is 2.97. The lowest BCUT2D eigenvalue weighted by Crippen LogP contribution is -2.43. The van der Waals surface area contributed by atoms with Gasteiger partial charge in [-0.3, -0.25) is 14.4 Å². The number of carbonyl (C=O) groups excluding carboxylic acids is 2. The van der Waals surface area contributed by atoms with Gasteiger partial charge in [0.15, 0.2) is 0 Å². The van der Waals surface area contributed by atoms with Crippen molar-refractivity contribution in [2.45, 2.75) is 33.1 Å². The fourth-order valence-electron chi connectivity index (χ4n) is 2.96. The Hall–Kier alpha value is -2.89. The van der Waals surface area contributed by atoms with E-state index in [1.165, 1.54) is 0 Å². The third-order valence-electron chi connectivity index (χ3n) is 5.08. The van der Waals surface area contributed by atoms with Gasteiger partial charge in [0.05, 0.1) is 5.41 Å². The molecule has 144 valence electrons.